The van der Waals surface area contributed by atoms with Crippen molar-refractivity contribution in [3.63, 3.8) is 0 Å². The van der Waals surface area contributed by atoms with Gasteiger partial charge in [-0.15, -0.1) is 0 Å². The van der Waals surface area contributed by atoms with Crippen molar-refractivity contribution in [2.24, 2.45) is 0 Å². The highest BCUT2D eigenvalue weighted by Crippen LogP contribution is 2.24. The summed E-state index contributed by atoms with van der Waals surface area (Å²) < 4.78 is 13.1. The molecule has 0 bridgehead atoms. The lowest BCUT2D eigenvalue weighted by molar-refractivity contribution is 0.220. The summed E-state index contributed by atoms with van der Waals surface area (Å²) in [7, 11) is 0. The van der Waals surface area contributed by atoms with Crippen molar-refractivity contribution in [3.05, 3.63) is 69.9 Å². The molecule has 0 aliphatic carbocycles. The highest BCUT2D eigenvalue weighted by atomic mass is 19.1. The zero-order valence-corrected chi connectivity index (χ0v) is 9.85. The van der Waals surface area contributed by atoms with Crippen LogP contribution in [0, 0.1) is 5.82 Å². The van der Waals surface area contributed by atoms with Gasteiger partial charge in [0.2, 0.25) is 0 Å². The second kappa shape index (κ2) is 4.37. The van der Waals surface area contributed by atoms with Crippen molar-refractivity contribution in [2.45, 2.75) is 6.10 Å². The van der Waals surface area contributed by atoms with Crippen molar-refractivity contribution in [1.29, 1.82) is 0 Å². The first-order valence-electron chi connectivity index (χ1n) is 5.79. The zero-order valence-electron chi connectivity index (χ0n) is 9.85. The molecule has 0 saturated heterocycles. The molecule has 1 atom stereocenters. The molecule has 0 amide bonds. The number of aromatic nitrogens is 2. The Morgan fingerprint density at radius 1 is 1.00 bits per heavy atom. The maximum atomic E-state index is 13.1. The van der Waals surface area contributed by atoms with E-state index in [2.05, 4.69) is 9.97 Å². The fraction of sp³-hybridized carbons (Fsp3) is 0.0714. The van der Waals surface area contributed by atoms with Crippen molar-refractivity contribution in [1.82, 2.24) is 9.97 Å². The molecule has 3 N–H and O–H groups in total. The van der Waals surface area contributed by atoms with Crippen LogP contribution in [-0.2, 0) is 0 Å². The number of rotatable bonds is 2. The molecule has 2 aromatic carbocycles. The Hall–Kier alpha value is -2.40. The van der Waals surface area contributed by atoms with Gasteiger partial charge in [-0.05, 0) is 35.4 Å². The standard InChI is InChI=1S/C14H11FN2O2/c15-10-3-1-2-8(6-10)13(18)9-4-5-11-12(7-9)17-14(19)16-11/h1-7,13,18H,(H2,16,17,19). The second-order valence-electron chi connectivity index (χ2n) is 4.34. The van der Waals surface area contributed by atoms with Crippen molar-refractivity contribution < 1.29 is 9.50 Å². The number of nitrogens with one attached hydrogen (secondary N) is 2. The van der Waals surface area contributed by atoms with Gasteiger partial charge < -0.3 is 15.1 Å². The van der Waals surface area contributed by atoms with Gasteiger partial charge in [0, 0.05) is 0 Å². The van der Waals surface area contributed by atoms with Gasteiger partial charge in [-0.3, -0.25) is 0 Å². The third kappa shape index (κ3) is 2.15. The van der Waals surface area contributed by atoms with Crippen LogP contribution in [0.25, 0.3) is 11.0 Å². The molecule has 3 rings (SSSR count). The van der Waals surface area contributed by atoms with Gasteiger partial charge in [0.05, 0.1) is 11.0 Å². The van der Waals surface area contributed by atoms with E-state index in [-0.39, 0.29) is 5.69 Å². The van der Waals surface area contributed by atoms with E-state index in [9.17, 15) is 14.3 Å². The predicted octanol–water partition coefficient (Wildman–Crippen LogP) is 2.08. The molecule has 19 heavy (non-hydrogen) atoms. The molecule has 4 nitrogen and oxygen atoms in total. The molecule has 0 aliphatic heterocycles. The van der Waals surface area contributed by atoms with Gasteiger partial charge in [-0.25, -0.2) is 9.18 Å². The van der Waals surface area contributed by atoms with Gasteiger partial charge in [0.1, 0.15) is 11.9 Å². The molecule has 0 spiro atoms. The van der Waals surface area contributed by atoms with Crippen LogP contribution < -0.4 is 5.69 Å². The van der Waals surface area contributed by atoms with Gasteiger partial charge >= 0.3 is 5.69 Å². The monoisotopic (exact) mass is 258 g/mol. The van der Waals surface area contributed by atoms with Gasteiger partial charge in [0.15, 0.2) is 0 Å². The first-order chi connectivity index (χ1) is 9.13. The Balaban J connectivity index is 2.05. The molecule has 0 radical (unpaired) electrons. The average Bonchev–Trinajstić information content (AvgIpc) is 2.76. The number of hydrogen-bond donors (Lipinski definition) is 3. The maximum absolute atomic E-state index is 13.1. The topological polar surface area (TPSA) is 68.9 Å². The number of fused-ring (bicyclic) bond motifs is 1. The summed E-state index contributed by atoms with van der Waals surface area (Å²) in [5.74, 6) is -0.396. The molecule has 1 unspecified atom stereocenters. The summed E-state index contributed by atoms with van der Waals surface area (Å²) in [5.41, 5.74) is 2.04. The first-order valence-corrected chi connectivity index (χ1v) is 5.79. The van der Waals surface area contributed by atoms with Gasteiger partial charge in [-0.2, -0.15) is 0 Å². The Bertz CT molecular complexity index is 791. The average molecular weight is 258 g/mol. The highest BCUT2D eigenvalue weighted by Gasteiger charge is 2.12. The van der Waals surface area contributed by atoms with Crippen molar-refractivity contribution in [3.8, 4) is 0 Å². The van der Waals surface area contributed by atoms with Crippen LogP contribution in [0.4, 0.5) is 4.39 Å². The maximum Gasteiger partial charge on any atom is 0.323 e. The lowest BCUT2D eigenvalue weighted by Gasteiger charge is -2.11. The third-order valence-electron chi connectivity index (χ3n) is 3.02. The van der Waals surface area contributed by atoms with E-state index >= 15 is 0 Å². The van der Waals surface area contributed by atoms with E-state index in [1.807, 2.05) is 0 Å². The Labute approximate surface area is 107 Å². The fourth-order valence-electron chi connectivity index (χ4n) is 2.09. The van der Waals surface area contributed by atoms with E-state index in [1.54, 1.807) is 30.3 Å². The predicted molar refractivity (Wildman–Crippen MR) is 69.4 cm³/mol. The molecule has 0 fully saturated rings. The summed E-state index contributed by atoms with van der Waals surface area (Å²) in [6.07, 6.45) is -0.932. The molecular formula is C14H11FN2O2. The molecule has 5 heteroatoms. The Morgan fingerprint density at radius 2 is 1.74 bits per heavy atom. The normalized spacial score (nSPS) is 12.7. The van der Waals surface area contributed by atoms with Crippen LogP contribution in [0.2, 0.25) is 0 Å². The SMILES string of the molecule is O=c1[nH]c2ccc(C(O)c3cccc(F)c3)cc2[nH]1. The summed E-state index contributed by atoms with van der Waals surface area (Å²) in [6, 6.07) is 10.9. The Morgan fingerprint density at radius 3 is 2.53 bits per heavy atom. The van der Waals surface area contributed by atoms with E-state index in [1.165, 1.54) is 12.1 Å². The lowest BCUT2D eigenvalue weighted by Crippen LogP contribution is -2.00. The fourth-order valence-corrected chi connectivity index (χ4v) is 2.09. The van der Waals surface area contributed by atoms with E-state index in [4.69, 9.17) is 0 Å². The number of aliphatic hydroxyl groups is 1. The molecule has 1 aromatic heterocycles. The summed E-state index contributed by atoms with van der Waals surface area (Å²) in [4.78, 5) is 16.4. The Kier molecular flexibility index (Phi) is 2.68. The van der Waals surface area contributed by atoms with Gasteiger partial charge in [-0.1, -0.05) is 18.2 Å². The van der Waals surface area contributed by atoms with Crippen molar-refractivity contribution >= 4 is 11.0 Å². The van der Waals surface area contributed by atoms with Crippen LogP contribution >= 0.6 is 0 Å². The summed E-state index contributed by atoms with van der Waals surface area (Å²) in [5, 5.41) is 10.2. The van der Waals surface area contributed by atoms with Crippen LogP contribution in [-0.4, -0.2) is 15.1 Å². The van der Waals surface area contributed by atoms with E-state index in [0.29, 0.717) is 22.2 Å². The molecule has 1 heterocycles. The largest absolute Gasteiger partial charge is 0.384 e. The minimum absolute atomic E-state index is 0.299. The van der Waals surface area contributed by atoms with E-state index in [0.717, 1.165) is 0 Å². The zero-order chi connectivity index (χ0) is 13.4. The number of H-pyrrole nitrogens is 2. The number of hydrogen-bond acceptors (Lipinski definition) is 2. The van der Waals surface area contributed by atoms with Crippen LogP contribution in [0.5, 0.6) is 0 Å². The number of aromatic amines is 2. The number of benzene rings is 2. The summed E-state index contributed by atoms with van der Waals surface area (Å²) >= 11 is 0. The second-order valence-corrected chi connectivity index (χ2v) is 4.34. The van der Waals surface area contributed by atoms with Gasteiger partial charge in [0.25, 0.3) is 0 Å². The van der Waals surface area contributed by atoms with E-state index < -0.39 is 11.9 Å². The molecule has 0 aliphatic rings. The van der Waals surface area contributed by atoms with Crippen molar-refractivity contribution in [2.75, 3.05) is 0 Å². The minimum Gasteiger partial charge on any atom is -0.384 e. The minimum atomic E-state index is -0.932. The molecular weight excluding hydrogens is 247 g/mol. The number of imidazole rings is 1. The first kappa shape index (κ1) is 11.7. The smallest absolute Gasteiger partial charge is 0.323 e. The molecule has 0 saturated carbocycles. The molecule has 96 valence electrons. The third-order valence-corrected chi connectivity index (χ3v) is 3.02. The lowest BCUT2D eigenvalue weighted by atomic mass is 10.0. The highest BCUT2D eigenvalue weighted by molar-refractivity contribution is 5.75. The van der Waals surface area contributed by atoms with Crippen LogP contribution in [0.15, 0.2) is 47.3 Å². The number of aliphatic hydroxyl groups excluding tert-OH is 1. The van der Waals surface area contributed by atoms with Crippen LogP contribution in [0.1, 0.15) is 17.2 Å². The quantitative estimate of drug-likeness (QED) is 0.658. The molecule has 3 aromatic rings. The van der Waals surface area contributed by atoms with Crippen LogP contribution in [0.3, 0.4) is 0 Å². The number of halogens is 1. The summed E-state index contributed by atoms with van der Waals surface area (Å²) in [6.45, 7) is 0.